The number of aromatic nitrogens is 1. The van der Waals surface area contributed by atoms with Crippen LogP contribution in [-0.2, 0) is 4.79 Å². The van der Waals surface area contributed by atoms with Crippen LogP contribution in [0.25, 0.3) is 0 Å². The number of carbonyl (C=O) groups excluding carboxylic acids is 1. The number of hydrogen-bond donors (Lipinski definition) is 2. The normalized spacial score (nSPS) is 10.2. The van der Waals surface area contributed by atoms with Gasteiger partial charge in [-0.3, -0.25) is 4.79 Å². The molecule has 0 radical (unpaired) electrons. The van der Waals surface area contributed by atoms with Crippen LogP contribution in [0.4, 0.5) is 11.5 Å². The number of carbonyl (C=O) groups is 1. The molecule has 1 heterocycles. The molecule has 17 heavy (non-hydrogen) atoms. The van der Waals surface area contributed by atoms with Gasteiger partial charge in [0, 0.05) is 12.2 Å². The van der Waals surface area contributed by atoms with E-state index in [4.69, 9.17) is 11.5 Å². The quantitative estimate of drug-likeness (QED) is 0.773. The summed E-state index contributed by atoms with van der Waals surface area (Å²) in [4.78, 5) is 17.3. The maximum absolute atomic E-state index is 11.1. The van der Waals surface area contributed by atoms with E-state index in [1.807, 2.05) is 17.9 Å². The van der Waals surface area contributed by atoms with Crippen molar-refractivity contribution in [3.05, 3.63) is 17.8 Å². The Morgan fingerprint density at radius 3 is 2.76 bits per heavy atom. The predicted octanol–water partition coefficient (Wildman–Crippen LogP) is 1.06. The smallest absolute Gasteiger partial charge is 0.236 e. The number of nitrogens with two attached hydrogens (primary N) is 2. The minimum Gasteiger partial charge on any atom is -0.396 e. The minimum absolute atomic E-state index is 0.153. The monoisotopic (exact) mass is 236 g/mol. The molecule has 1 aromatic rings. The molecule has 5 heteroatoms. The molecule has 1 rings (SSSR count). The van der Waals surface area contributed by atoms with Crippen molar-refractivity contribution in [2.24, 2.45) is 5.73 Å². The summed E-state index contributed by atoms with van der Waals surface area (Å²) < 4.78 is 0. The lowest BCUT2D eigenvalue weighted by Gasteiger charge is -2.23. The van der Waals surface area contributed by atoms with Gasteiger partial charge in [-0.05, 0) is 25.5 Å². The number of unbranched alkanes of at least 4 members (excludes halogenated alkanes) is 1. The standard InChI is InChI=1S/C12H20N4O/c1-3-4-7-16(8-11(14)17)12-10(13)6-5-9(2)15-12/h5-6H,3-4,7-8,13H2,1-2H3,(H2,14,17). The molecular formula is C12H20N4O. The van der Waals surface area contributed by atoms with Gasteiger partial charge in [0.05, 0.1) is 12.2 Å². The van der Waals surface area contributed by atoms with E-state index in [1.54, 1.807) is 6.07 Å². The highest BCUT2D eigenvalue weighted by atomic mass is 16.1. The largest absolute Gasteiger partial charge is 0.396 e. The molecule has 0 aliphatic carbocycles. The Hall–Kier alpha value is -1.78. The fourth-order valence-electron chi connectivity index (χ4n) is 1.60. The number of nitrogen functional groups attached to an aromatic ring is 1. The molecule has 1 amide bonds. The summed E-state index contributed by atoms with van der Waals surface area (Å²) >= 11 is 0. The molecule has 0 atom stereocenters. The van der Waals surface area contributed by atoms with E-state index in [0.717, 1.165) is 25.1 Å². The number of anilines is 2. The van der Waals surface area contributed by atoms with Crippen molar-refractivity contribution in [2.45, 2.75) is 26.7 Å². The number of pyridine rings is 1. The van der Waals surface area contributed by atoms with E-state index in [-0.39, 0.29) is 12.5 Å². The molecule has 0 unspecified atom stereocenters. The van der Waals surface area contributed by atoms with E-state index >= 15 is 0 Å². The Morgan fingerprint density at radius 2 is 2.18 bits per heavy atom. The third-order valence-corrected chi connectivity index (χ3v) is 2.47. The van der Waals surface area contributed by atoms with Gasteiger partial charge in [-0.25, -0.2) is 4.98 Å². The first kappa shape index (κ1) is 13.3. The zero-order valence-corrected chi connectivity index (χ0v) is 10.4. The summed E-state index contributed by atoms with van der Waals surface area (Å²) in [5, 5.41) is 0. The molecule has 0 saturated heterocycles. The first-order valence-corrected chi connectivity index (χ1v) is 5.81. The number of amides is 1. The lowest BCUT2D eigenvalue weighted by Crippen LogP contribution is -2.35. The number of hydrogen-bond acceptors (Lipinski definition) is 4. The molecular weight excluding hydrogens is 216 g/mol. The van der Waals surface area contributed by atoms with E-state index in [0.29, 0.717) is 11.5 Å². The van der Waals surface area contributed by atoms with Gasteiger partial charge in [0.25, 0.3) is 0 Å². The first-order chi connectivity index (χ1) is 8.04. The summed E-state index contributed by atoms with van der Waals surface area (Å²) in [6.07, 6.45) is 2.02. The molecule has 94 valence electrons. The van der Waals surface area contributed by atoms with Crippen molar-refractivity contribution in [3.63, 3.8) is 0 Å². The van der Waals surface area contributed by atoms with Crippen LogP contribution in [0.3, 0.4) is 0 Å². The number of aryl methyl sites for hydroxylation is 1. The van der Waals surface area contributed by atoms with Crippen LogP contribution in [0.15, 0.2) is 12.1 Å². The second-order valence-corrected chi connectivity index (χ2v) is 4.11. The Labute approximate surface area is 102 Å². The molecule has 0 aromatic carbocycles. The van der Waals surface area contributed by atoms with Crippen LogP contribution >= 0.6 is 0 Å². The molecule has 0 aliphatic heterocycles. The summed E-state index contributed by atoms with van der Waals surface area (Å²) in [5.41, 5.74) is 12.6. The highest BCUT2D eigenvalue weighted by Crippen LogP contribution is 2.20. The van der Waals surface area contributed by atoms with Gasteiger partial charge in [-0.2, -0.15) is 0 Å². The second-order valence-electron chi connectivity index (χ2n) is 4.11. The van der Waals surface area contributed by atoms with Crippen molar-refractivity contribution in [2.75, 3.05) is 23.7 Å². The van der Waals surface area contributed by atoms with E-state index in [1.165, 1.54) is 0 Å². The van der Waals surface area contributed by atoms with E-state index in [2.05, 4.69) is 11.9 Å². The molecule has 0 fully saturated rings. The third-order valence-electron chi connectivity index (χ3n) is 2.47. The van der Waals surface area contributed by atoms with E-state index < -0.39 is 0 Å². The van der Waals surface area contributed by atoms with Crippen LogP contribution in [0.2, 0.25) is 0 Å². The number of rotatable bonds is 6. The first-order valence-electron chi connectivity index (χ1n) is 5.81. The Balaban J connectivity index is 2.93. The van der Waals surface area contributed by atoms with Crippen molar-refractivity contribution >= 4 is 17.4 Å². The summed E-state index contributed by atoms with van der Waals surface area (Å²) in [5.74, 6) is 0.279. The lowest BCUT2D eigenvalue weighted by atomic mass is 10.2. The van der Waals surface area contributed by atoms with Crippen molar-refractivity contribution in [3.8, 4) is 0 Å². The molecule has 0 saturated carbocycles. The summed E-state index contributed by atoms with van der Waals surface area (Å²) in [6, 6.07) is 3.65. The van der Waals surface area contributed by atoms with Crippen LogP contribution < -0.4 is 16.4 Å². The average Bonchev–Trinajstić information content (AvgIpc) is 2.27. The predicted molar refractivity (Wildman–Crippen MR) is 69.7 cm³/mol. The molecule has 5 nitrogen and oxygen atoms in total. The van der Waals surface area contributed by atoms with E-state index in [9.17, 15) is 4.79 Å². The Morgan fingerprint density at radius 1 is 1.47 bits per heavy atom. The second kappa shape index (κ2) is 6.08. The Bertz CT molecular complexity index is 392. The molecule has 4 N–H and O–H groups in total. The minimum atomic E-state index is -0.371. The van der Waals surface area contributed by atoms with Crippen molar-refractivity contribution in [1.82, 2.24) is 4.98 Å². The van der Waals surface area contributed by atoms with Crippen molar-refractivity contribution < 1.29 is 4.79 Å². The fraction of sp³-hybridized carbons (Fsp3) is 0.500. The molecule has 0 bridgehead atoms. The number of primary amides is 1. The molecule has 0 aliphatic rings. The van der Waals surface area contributed by atoms with Gasteiger partial charge in [0.15, 0.2) is 5.82 Å². The SMILES string of the molecule is CCCCN(CC(N)=O)c1nc(C)ccc1N. The summed E-state index contributed by atoms with van der Waals surface area (Å²) in [6.45, 7) is 4.88. The highest BCUT2D eigenvalue weighted by Gasteiger charge is 2.13. The van der Waals surface area contributed by atoms with Crippen LogP contribution in [0.5, 0.6) is 0 Å². The maximum atomic E-state index is 11.1. The lowest BCUT2D eigenvalue weighted by molar-refractivity contribution is -0.116. The molecule has 1 aromatic heterocycles. The van der Waals surface area contributed by atoms with Gasteiger partial charge < -0.3 is 16.4 Å². The average molecular weight is 236 g/mol. The zero-order valence-electron chi connectivity index (χ0n) is 10.4. The third kappa shape index (κ3) is 3.94. The van der Waals surface area contributed by atoms with Crippen molar-refractivity contribution in [1.29, 1.82) is 0 Å². The zero-order chi connectivity index (χ0) is 12.8. The van der Waals surface area contributed by atoms with Gasteiger partial charge in [-0.15, -0.1) is 0 Å². The van der Waals surface area contributed by atoms with Crippen LogP contribution in [-0.4, -0.2) is 24.0 Å². The topological polar surface area (TPSA) is 85.2 Å². The number of nitrogens with zero attached hydrogens (tertiary/aromatic N) is 2. The summed E-state index contributed by atoms with van der Waals surface area (Å²) in [7, 11) is 0. The fourth-order valence-corrected chi connectivity index (χ4v) is 1.60. The van der Waals surface area contributed by atoms with Gasteiger partial charge in [0.2, 0.25) is 5.91 Å². The molecule has 0 spiro atoms. The highest BCUT2D eigenvalue weighted by molar-refractivity contribution is 5.80. The van der Waals surface area contributed by atoms with Crippen LogP contribution in [0.1, 0.15) is 25.5 Å². The Kier molecular flexibility index (Phi) is 4.75. The maximum Gasteiger partial charge on any atom is 0.236 e. The van der Waals surface area contributed by atoms with Gasteiger partial charge in [-0.1, -0.05) is 13.3 Å². The van der Waals surface area contributed by atoms with Gasteiger partial charge in [0.1, 0.15) is 0 Å². The van der Waals surface area contributed by atoms with Crippen LogP contribution in [0, 0.1) is 6.92 Å². The van der Waals surface area contributed by atoms with Gasteiger partial charge >= 0.3 is 0 Å².